The average Bonchev–Trinajstić information content (AvgIpc) is 3.31. The Hall–Kier alpha value is -0.960. The van der Waals surface area contributed by atoms with Crippen LogP contribution >= 0.6 is 0 Å². The first kappa shape index (κ1) is 39.8. The smallest absolute Gasteiger partial charge is 0.118 e. The summed E-state index contributed by atoms with van der Waals surface area (Å²) in [6, 6.07) is 0. The van der Waals surface area contributed by atoms with E-state index in [0.29, 0.717) is 44.9 Å². The maximum atomic E-state index is 11.4. The summed E-state index contributed by atoms with van der Waals surface area (Å²) in [6.07, 6.45) is 16.2. The van der Waals surface area contributed by atoms with Crippen molar-refractivity contribution in [2.75, 3.05) is 6.61 Å². The van der Waals surface area contributed by atoms with Crippen molar-refractivity contribution in [2.45, 2.75) is 239 Å². The van der Waals surface area contributed by atoms with E-state index in [0.717, 1.165) is 32.1 Å². The highest BCUT2D eigenvalue weighted by Crippen LogP contribution is 2.54. The summed E-state index contributed by atoms with van der Waals surface area (Å²) in [7, 11) is 0. The highest BCUT2D eigenvalue weighted by molar-refractivity contribution is 5.19. The maximum Gasteiger partial charge on any atom is 0.118 e. The quantitative estimate of drug-likeness (QED) is 0.218. The number of allylic oxidation sites excluding steroid dienone is 1. The van der Waals surface area contributed by atoms with Gasteiger partial charge >= 0.3 is 0 Å². The van der Waals surface area contributed by atoms with Crippen LogP contribution in [-0.4, -0.2) is 129 Å². The molecule has 11 heteroatoms. The van der Waals surface area contributed by atoms with Gasteiger partial charge in [-0.15, -0.1) is 0 Å². The van der Waals surface area contributed by atoms with Crippen LogP contribution in [0.25, 0.3) is 0 Å². The standard InChI is InChI=1S/C43H68O11/c1-7-8-9-10-11-14-34-39(2,46)18-17-28-30(49-34)22-36-42(5,52-28)25-41(4)35(51-36)16-15-27-31(53-41)21-29-32(48-27)24-40(3)37(50-29)23-38-43(6,54-40)33(45)20-26(47-38)13-12-19-44/h11,14,17-18,26-38,44-46H,7-10,12-13,15-16,19-25H2,1-6H3/b14-11-/t26-,27+,28+,29+,30-,31-,32-,33-,34+,35-,36+,37-,38+,39-,40+,41+,42-,43-/m0/s1. The zero-order valence-electron chi connectivity index (χ0n) is 33.5. The summed E-state index contributed by atoms with van der Waals surface area (Å²) in [5.41, 5.74) is -3.79. The van der Waals surface area contributed by atoms with Gasteiger partial charge in [0.05, 0.1) is 83.9 Å². The molecule has 0 unspecified atom stereocenters. The van der Waals surface area contributed by atoms with Gasteiger partial charge in [0.2, 0.25) is 0 Å². The third-order valence-corrected chi connectivity index (χ3v) is 14.5. The zero-order valence-corrected chi connectivity index (χ0v) is 33.5. The lowest BCUT2D eigenvalue weighted by Gasteiger charge is -2.61. The average molecular weight is 761 g/mol. The molecule has 0 bridgehead atoms. The molecule has 11 nitrogen and oxygen atoms in total. The van der Waals surface area contributed by atoms with Gasteiger partial charge in [0.1, 0.15) is 23.4 Å². The van der Waals surface area contributed by atoms with Gasteiger partial charge in [-0.2, -0.15) is 0 Å². The molecule has 8 rings (SSSR count). The summed E-state index contributed by atoms with van der Waals surface area (Å²) in [5, 5.41) is 32.1. The molecule has 7 saturated heterocycles. The number of aliphatic hydroxyl groups excluding tert-OH is 2. The molecule has 7 fully saturated rings. The first-order valence-corrected chi connectivity index (χ1v) is 21.4. The Morgan fingerprint density at radius 3 is 2.31 bits per heavy atom. The Labute approximate surface area is 322 Å². The van der Waals surface area contributed by atoms with Crippen molar-refractivity contribution in [2.24, 2.45) is 0 Å². The predicted molar refractivity (Wildman–Crippen MR) is 200 cm³/mol. The van der Waals surface area contributed by atoms with Crippen LogP contribution < -0.4 is 0 Å². The molecule has 0 aliphatic carbocycles. The molecule has 0 saturated carbocycles. The van der Waals surface area contributed by atoms with Crippen LogP contribution in [-0.2, 0) is 37.9 Å². The van der Waals surface area contributed by atoms with Gasteiger partial charge in [0.25, 0.3) is 0 Å². The number of aliphatic hydroxyl groups is 3. The predicted octanol–water partition coefficient (Wildman–Crippen LogP) is 5.38. The van der Waals surface area contributed by atoms with Crippen LogP contribution in [0.15, 0.2) is 24.3 Å². The van der Waals surface area contributed by atoms with E-state index in [-0.39, 0.29) is 73.8 Å². The summed E-state index contributed by atoms with van der Waals surface area (Å²) < 4.78 is 55.0. The maximum absolute atomic E-state index is 11.4. The van der Waals surface area contributed by atoms with Crippen LogP contribution in [0.5, 0.6) is 0 Å². The molecule has 8 aliphatic rings. The third kappa shape index (κ3) is 7.33. The fourth-order valence-electron chi connectivity index (χ4n) is 11.4. The van der Waals surface area contributed by atoms with Crippen molar-refractivity contribution in [3.63, 3.8) is 0 Å². The molecular formula is C43H68O11. The van der Waals surface area contributed by atoms with E-state index in [4.69, 9.17) is 37.9 Å². The lowest BCUT2D eigenvalue weighted by molar-refractivity contribution is -0.369. The lowest BCUT2D eigenvalue weighted by atomic mass is 9.72. The van der Waals surface area contributed by atoms with Gasteiger partial charge < -0.3 is 53.2 Å². The molecule has 18 atom stereocenters. The van der Waals surface area contributed by atoms with Crippen LogP contribution in [0.1, 0.15) is 131 Å². The molecule has 0 radical (unpaired) electrons. The van der Waals surface area contributed by atoms with Crippen LogP contribution in [0, 0.1) is 0 Å². The van der Waals surface area contributed by atoms with E-state index in [1.807, 2.05) is 32.1 Å². The fraction of sp³-hybridized carbons (Fsp3) is 0.907. The summed E-state index contributed by atoms with van der Waals surface area (Å²) in [6.45, 7) is 12.5. The Morgan fingerprint density at radius 1 is 0.722 bits per heavy atom. The highest BCUT2D eigenvalue weighted by Gasteiger charge is 2.64. The van der Waals surface area contributed by atoms with Gasteiger partial charge in [0, 0.05) is 45.1 Å². The first-order chi connectivity index (χ1) is 25.7. The van der Waals surface area contributed by atoms with Gasteiger partial charge in [-0.05, 0) is 73.1 Å². The summed E-state index contributed by atoms with van der Waals surface area (Å²) in [5.74, 6) is 0. The highest BCUT2D eigenvalue weighted by atomic mass is 16.6. The van der Waals surface area contributed by atoms with Crippen molar-refractivity contribution in [3.8, 4) is 0 Å². The molecule has 0 amide bonds. The molecule has 0 aromatic carbocycles. The molecule has 8 heterocycles. The Kier molecular flexibility index (Phi) is 11.1. The molecular weight excluding hydrogens is 692 g/mol. The molecule has 3 N–H and O–H groups in total. The van der Waals surface area contributed by atoms with E-state index in [9.17, 15) is 15.3 Å². The van der Waals surface area contributed by atoms with Crippen LogP contribution in [0.2, 0.25) is 0 Å². The number of rotatable bonds is 8. The second kappa shape index (κ2) is 15.0. The summed E-state index contributed by atoms with van der Waals surface area (Å²) >= 11 is 0. The second-order valence-corrected chi connectivity index (χ2v) is 19.1. The van der Waals surface area contributed by atoms with Gasteiger partial charge in [-0.25, -0.2) is 0 Å². The topological polar surface area (TPSA) is 135 Å². The minimum absolute atomic E-state index is 0.0935. The molecule has 0 aromatic rings. The van der Waals surface area contributed by atoms with E-state index in [1.165, 1.54) is 12.8 Å². The first-order valence-electron chi connectivity index (χ1n) is 21.4. The minimum Gasteiger partial charge on any atom is -0.396 e. The van der Waals surface area contributed by atoms with E-state index in [2.05, 4.69) is 33.8 Å². The van der Waals surface area contributed by atoms with Crippen molar-refractivity contribution in [1.82, 2.24) is 0 Å². The van der Waals surface area contributed by atoms with Gasteiger partial charge in [0.15, 0.2) is 0 Å². The summed E-state index contributed by atoms with van der Waals surface area (Å²) in [4.78, 5) is 0. The lowest BCUT2D eigenvalue weighted by Crippen LogP contribution is -2.72. The Bertz CT molecular complexity index is 1390. The normalized spacial score (nSPS) is 54.1. The second-order valence-electron chi connectivity index (χ2n) is 19.1. The fourth-order valence-corrected chi connectivity index (χ4v) is 11.4. The van der Waals surface area contributed by atoms with Crippen molar-refractivity contribution in [3.05, 3.63) is 24.3 Å². The molecule has 54 heavy (non-hydrogen) atoms. The van der Waals surface area contributed by atoms with E-state index < -0.39 is 40.2 Å². The molecule has 306 valence electrons. The number of hydrogen-bond donors (Lipinski definition) is 3. The number of ether oxygens (including phenoxy) is 8. The van der Waals surface area contributed by atoms with Gasteiger partial charge in [-0.1, -0.05) is 44.1 Å². The van der Waals surface area contributed by atoms with Crippen molar-refractivity contribution < 1.29 is 53.2 Å². The Balaban J connectivity index is 0.943. The largest absolute Gasteiger partial charge is 0.396 e. The monoisotopic (exact) mass is 760 g/mol. The van der Waals surface area contributed by atoms with E-state index >= 15 is 0 Å². The molecule has 0 spiro atoms. The zero-order chi connectivity index (χ0) is 38.1. The Morgan fingerprint density at radius 2 is 1.52 bits per heavy atom. The minimum atomic E-state index is -1.14. The number of fused-ring (bicyclic) bond motifs is 7. The molecule has 8 aliphatic heterocycles. The van der Waals surface area contributed by atoms with Crippen LogP contribution in [0.3, 0.4) is 0 Å². The SMILES string of the molecule is CCCCC/C=C\[C@H]1O[C@H]2C[C@H]3O[C@H]4CC[C@H]5O[C@H]6C[C@@]7(C)O[C@@]8(C)[C@@H](O)C[C@H](CCCO)O[C@@H]8C[C@@H]7O[C@@H]6C[C@@H]5O[C@]4(C)C[C@]3(C)O[C@@H]2C=C[C@]1(C)O. The van der Waals surface area contributed by atoms with Crippen molar-refractivity contribution >= 4 is 0 Å². The number of unbranched alkanes of at least 4 members (excludes halogenated alkanes) is 3. The van der Waals surface area contributed by atoms with Gasteiger partial charge in [-0.3, -0.25) is 0 Å². The van der Waals surface area contributed by atoms with Crippen molar-refractivity contribution in [1.29, 1.82) is 0 Å². The number of hydrogen-bond acceptors (Lipinski definition) is 11. The molecule has 0 aromatic heterocycles. The van der Waals surface area contributed by atoms with E-state index in [1.54, 1.807) is 0 Å². The van der Waals surface area contributed by atoms with Crippen LogP contribution in [0.4, 0.5) is 0 Å². The third-order valence-electron chi connectivity index (χ3n) is 14.5.